The predicted octanol–water partition coefficient (Wildman–Crippen LogP) is 2.37. The minimum atomic E-state index is -0.677. The van der Waals surface area contributed by atoms with Crippen molar-refractivity contribution in [3.8, 4) is 0 Å². The fourth-order valence-corrected chi connectivity index (χ4v) is 3.17. The van der Waals surface area contributed by atoms with Crippen LogP contribution >= 0.6 is 0 Å². The van der Waals surface area contributed by atoms with Crippen LogP contribution in [0.5, 0.6) is 0 Å². The molecule has 0 bridgehead atoms. The summed E-state index contributed by atoms with van der Waals surface area (Å²) in [5.41, 5.74) is 0. The Balaban J connectivity index is 1.60. The van der Waals surface area contributed by atoms with Crippen molar-refractivity contribution in [1.29, 1.82) is 0 Å². The van der Waals surface area contributed by atoms with Crippen molar-refractivity contribution in [1.82, 2.24) is 10.6 Å². The van der Waals surface area contributed by atoms with Crippen LogP contribution in [0.3, 0.4) is 0 Å². The van der Waals surface area contributed by atoms with Crippen LogP contribution in [0.25, 0.3) is 0 Å². The highest BCUT2D eigenvalue weighted by Crippen LogP contribution is 2.29. The van der Waals surface area contributed by atoms with E-state index in [1.165, 1.54) is 19.3 Å². The van der Waals surface area contributed by atoms with Gasteiger partial charge in [0.05, 0.1) is 5.92 Å². The van der Waals surface area contributed by atoms with E-state index >= 15 is 0 Å². The van der Waals surface area contributed by atoms with Crippen LogP contribution in [0.15, 0.2) is 0 Å². The Bertz CT molecular complexity index is 347. The molecular weight excluding hydrogens is 256 g/mol. The van der Waals surface area contributed by atoms with Gasteiger partial charge in [0.1, 0.15) is 0 Å². The average Bonchev–Trinajstić information content (AvgIpc) is 2.34. The third-order valence-corrected chi connectivity index (χ3v) is 4.96. The zero-order valence-electron chi connectivity index (χ0n) is 12.2. The molecule has 0 aromatic rings. The van der Waals surface area contributed by atoms with Crippen molar-refractivity contribution in [2.45, 2.75) is 57.9 Å². The SMILES string of the molecule is CC(NC(=O)NCC1CCC(C(=O)O)CC1)C1CCC1. The molecule has 0 aliphatic heterocycles. The summed E-state index contributed by atoms with van der Waals surface area (Å²) >= 11 is 0. The van der Waals surface area contributed by atoms with Crippen LogP contribution in [-0.4, -0.2) is 29.7 Å². The number of aliphatic carboxylic acids is 1. The van der Waals surface area contributed by atoms with E-state index < -0.39 is 5.97 Å². The molecule has 2 aliphatic rings. The smallest absolute Gasteiger partial charge is 0.315 e. The Kier molecular flexibility index (Phi) is 5.26. The zero-order valence-corrected chi connectivity index (χ0v) is 12.2. The molecule has 0 radical (unpaired) electrons. The van der Waals surface area contributed by atoms with Gasteiger partial charge >= 0.3 is 12.0 Å². The van der Waals surface area contributed by atoms with Crippen LogP contribution in [0.2, 0.25) is 0 Å². The quantitative estimate of drug-likeness (QED) is 0.724. The number of urea groups is 1. The maximum Gasteiger partial charge on any atom is 0.315 e. The van der Waals surface area contributed by atoms with Crippen LogP contribution in [0, 0.1) is 17.8 Å². The van der Waals surface area contributed by atoms with Gasteiger partial charge in [-0.2, -0.15) is 0 Å². The Morgan fingerprint density at radius 2 is 1.80 bits per heavy atom. The minimum absolute atomic E-state index is 0.0789. The van der Waals surface area contributed by atoms with E-state index in [0.29, 0.717) is 18.4 Å². The highest BCUT2D eigenvalue weighted by Gasteiger charge is 2.27. The van der Waals surface area contributed by atoms with Gasteiger partial charge in [0.15, 0.2) is 0 Å². The summed E-state index contributed by atoms with van der Waals surface area (Å²) in [6.45, 7) is 2.73. The molecule has 3 N–H and O–H groups in total. The van der Waals surface area contributed by atoms with Crippen LogP contribution < -0.4 is 10.6 Å². The number of carbonyl (C=O) groups is 2. The first-order valence-corrected chi connectivity index (χ1v) is 7.83. The van der Waals surface area contributed by atoms with E-state index in [1.54, 1.807) is 0 Å². The molecule has 0 aromatic heterocycles. The molecule has 0 spiro atoms. The van der Waals surface area contributed by atoms with Crippen molar-refractivity contribution >= 4 is 12.0 Å². The molecule has 20 heavy (non-hydrogen) atoms. The number of carboxylic acid groups (broad SMARTS) is 1. The van der Waals surface area contributed by atoms with Crippen molar-refractivity contribution in [2.24, 2.45) is 17.8 Å². The Morgan fingerprint density at radius 1 is 1.15 bits per heavy atom. The molecule has 5 nitrogen and oxygen atoms in total. The molecule has 2 saturated carbocycles. The number of hydrogen-bond acceptors (Lipinski definition) is 2. The van der Waals surface area contributed by atoms with Crippen molar-refractivity contribution < 1.29 is 14.7 Å². The molecule has 2 aliphatic carbocycles. The molecule has 1 unspecified atom stereocenters. The number of hydrogen-bond donors (Lipinski definition) is 3. The lowest BCUT2D eigenvalue weighted by molar-refractivity contribution is -0.143. The van der Waals surface area contributed by atoms with E-state index in [-0.39, 0.29) is 18.0 Å². The second-order valence-corrected chi connectivity index (χ2v) is 6.39. The summed E-state index contributed by atoms with van der Waals surface area (Å²) in [7, 11) is 0. The third kappa shape index (κ3) is 4.12. The van der Waals surface area contributed by atoms with E-state index in [1.807, 2.05) is 0 Å². The van der Waals surface area contributed by atoms with Gasteiger partial charge in [-0.15, -0.1) is 0 Å². The number of nitrogens with one attached hydrogen (secondary N) is 2. The molecule has 0 saturated heterocycles. The molecule has 5 heteroatoms. The first-order valence-electron chi connectivity index (χ1n) is 7.83. The van der Waals surface area contributed by atoms with Crippen LogP contribution in [-0.2, 0) is 4.79 Å². The van der Waals surface area contributed by atoms with Gasteiger partial charge in [0.25, 0.3) is 0 Å². The van der Waals surface area contributed by atoms with E-state index in [0.717, 1.165) is 25.7 Å². The molecule has 2 fully saturated rings. The topological polar surface area (TPSA) is 78.4 Å². The van der Waals surface area contributed by atoms with Crippen LogP contribution in [0.4, 0.5) is 4.79 Å². The van der Waals surface area contributed by atoms with Crippen molar-refractivity contribution in [3.63, 3.8) is 0 Å². The number of rotatable bonds is 5. The third-order valence-electron chi connectivity index (χ3n) is 4.96. The van der Waals surface area contributed by atoms with Gasteiger partial charge in [-0.25, -0.2) is 4.79 Å². The van der Waals surface area contributed by atoms with Crippen molar-refractivity contribution in [3.05, 3.63) is 0 Å². The minimum Gasteiger partial charge on any atom is -0.481 e. The summed E-state index contributed by atoms with van der Waals surface area (Å²) in [5.74, 6) is 0.212. The largest absolute Gasteiger partial charge is 0.481 e. The highest BCUT2D eigenvalue weighted by molar-refractivity contribution is 5.74. The lowest BCUT2D eigenvalue weighted by Gasteiger charge is -2.32. The van der Waals surface area contributed by atoms with Crippen molar-refractivity contribution in [2.75, 3.05) is 6.54 Å². The molecular formula is C15H26N2O3. The standard InChI is InChI=1S/C15H26N2O3/c1-10(12-3-2-4-12)17-15(20)16-9-11-5-7-13(8-6-11)14(18)19/h10-13H,2-9H2,1H3,(H,18,19)(H2,16,17,20). The Morgan fingerprint density at radius 3 is 2.30 bits per heavy atom. The monoisotopic (exact) mass is 282 g/mol. The predicted molar refractivity (Wildman–Crippen MR) is 76.4 cm³/mol. The molecule has 1 atom stereocenters. The van der Waals surface area contributed by atoms with E-state index in [2.05, 4.69) is 17.6 Å². The molecule has 0 heterocycles. The normalized spacial score (nSPS) is 28.2. The number of carboxylic acids is 1. The van der Waals surface area contributed by atoms with Gasteiger partial charge < -0.3 is 15.7 Å². The maximum atomic E-state index is 11.8. The summed E-state index contributed by atoms with van der Waals surface area (Å²) < 4.78 is 0. The lowest BCUT2D eigenvalue weighted by atomic mass is 9.80. The average molecular weight is 282 g/mol. The summed E-state index contributed by atoms with van der Waals surface area (Å²) in [6, 6.07) is 0.177. The van der Waals surface area contributed by atoms with Gasteiger partial charge in [0, 0.05) is 12.6 Å². The summed E-state index contributed by atoms with van der Waals surface area (Å²) in [6.07, 6.45) is 7.00. The highest BCUT2D eigenvalue weighted by atomic mass is 16.4. The fraction of sp³-hybridized carbons (Fsp3) is 0.867. The fourth-order valence-electron chi connectivity index (χ4n) is 3.17. The van der Waals surface area contributed by atoms with E-state index in [9.17, 15) is 9.59 Å². The Labute approximate surface area is 120 Å². The number of amides is 2. The Hall–Kier alpha value is -1.26. The summed E-state index contributed by atoms with van der Waals surface area (Å²) in [4.78, 5) is 22.7. The van der Waals surface area contributed by atoms with Gasteiger partial charge in [-0.3, -0.25) is 4.79 Å². The second-order valence-electron chi connectivity index (χ2n) is 6.39. The molecule has 2 amide bonds. The molecule has 2 rings (SSSR count). The lowest BCUT2D eigenvalue weighted by Crippen LogP contribution is -2.46. The first-order chi connectivity index (χ1) is 9.56. The zero-order chi connectivity index (χ0) is 14.5. The second kappa shape index (κ2) is 6.95. The molecule has 0 aromatic carbocycles. The van der Waals surface area contributed by atoms with Gasteiger partial charge in [0.2, 0.25) is 0 Å². The van der Waals surface area contributed by atoms with Crippen LogP contribution in [0.1, 0.15) is 51.9 Å². The number of carbonyl (C=O) groups excluding carboxylic acids is 1. The molecule has 114 valence electrons. The maximum absolute atomic E-state index is 11.8. The van der Waals surface area contributed by atoms with E-state index in [4.69, 9.17) is 5.11 Å². The van der Waals surface area contributed by atoms with Gasteiger partial charge in [-0.1, -0.05) is 6.42 Å². The summed E-state index contributed by atoms with van der Waals surface area (Å²) in [5, 5.41) is 14.9. The first kappa shape index (κ1) is 15.1. The van der Waals surface area contributed by atoms with Gasteiger partial charge in [-0.05, 0) is 57.3 Å².